The lowest BCUT2D eigenvalue weighted by atomic mass is 9.95. The van der Waals surface area contributed by atoms with Crippen LogP contribution in [-0.4, -0.2) is 34.7 Å². The molecule has 1 aliphatic rings. The summed E-state index contributed by atoms with van der Waals surface area (Å²) in [5.41, 5.74) is 0. The van der Waals surface area contributed by atoms with E-state index in [-0.39, 0.29) is 24.5 Å². The molecule has 1 rings (SSSR count). The van der Waals surface area contributed by atoms with Crippen molar-refractivity contribution in [2.45, 2.75) is 45.6 Å². The van der Waals surface area contributed by atoms with Gasteiger partial charge in [0.1, 0.15) is 0 Å². The number of carbonyl (C=O) groups excluding carboxylic acids is 1. The Hall–Kier alpha value is -1.10. The molecule has 3 N–H and O–H groups in total. The predicted molar refractivity (Wildman–Crippen MR) is 66.9 cm³/mol. The number of aliphatic carboxylic acids is 1. The van der Waals surface area contributed by atoms with Crippen molar-refractivity contribution < 1.29 is 19.8 Å². The maximum Gasteiger partial charge on any atom is 0.307 e. The first-order valence-corrected chi connectivity index (χ1v) is 6.59. The second kappa shape index (κ2) is 6.73. The Balaban J connectivity index is 2.52. The van der Waals surface area contributed by atoms with Crippen molar-refractivity contribution in [3.63, 3.8) is 0 Å². The highest BCUT2D eigenvalue weighted by molar-refractivity contribution is 5.85. The summed E-state index contributed by atoms with van der Waals surface area (Å²) < 4.78 is 0. The lowest BCUT2D eigenvalue weighted by Crippen LogP contribution is -2.40. The van der Waals surface area contributed by atoms with E-state index in [4.69, 9.17) is 10.2 Å². The summed E-state index contributed by atoms with van der Waals surface area (Å²) in [5, 5.41) is 20.7. The van der Waals surface area contributed by atoms with Crippen LogP contribution in [0, 0.1) is 17.8 Å². The zero-order chi connectivity index (χ0) is 13.7. The normalized spacial score (nSPS) is 28.9. The zero-order valence-electron chi connectivity index (χ0n) is 11.1. The smallest absolute Gasteiger partial charge is 0.307 e. The van der Waals surface area contributed by atoms with E-state index in [1.54, 1.807) is 0 Å². The fourth-order valence-electron chi connectivity index (χ4n) is 2.67. The van der Waals surface area contributed by atoms with Crippen LogP contribution < -0.4 is 5.32 Å². The second-order valence-electron chi connectivity index (χ2n) is 5.40. The average molecular weight is 257 g/mol. The van der Waals surface area contributed by atoms with E-state index in [9.17, 15) is 9.59 Å². The average Bonchev–Trinajstić information content (AvgIpc) is 2.69. The number of carboxylic acids is 1. The Bertz CT molecular complexity index is 305. The molecule has 0 aromatic rings. The minimum atomic E-state index is -0.873. The van der Waals surface area contributed by atoms with Crippen molar-refractivity contribution in [2.75, 3.05) is 6.61 Å². The quantitative estimate of drug-likeness (QED) is 0.663. The summed E-state index contributed by atoms with van der Waals surface area (Å²) >= 11 is 0. The molecule has 1 aliphatic carbocycles. The molecule has 5 nitrogen and oxygen atoms in total. The summed E-state index contributed by atoms with van der Waals surface area (Å²) in [6, 6.07) is -0.0185. The number of hydrogen-bond acceptors (Lipinski definition) is 3. The van der Waals surface area contributed by atoms with Gasteiger partial charge in [0.2, 0.25) is 5.91 Å². The molecule has 0 bridgehead atoms. The van der Waals surface area contributed by atoms with Gasteiger partial charge in [0.15, 0.2) is 0 Å². The van der Waals surface area contributed by atoms with Gasteiger partial charge in [0, 0.05) is 12.6 Å². The summed E-state index contributed by atoms with van der Waals surface area (Å²) in [4.78, 5) is 23.1. The fourth-order valence-corrected chi connectivity index (χ4v) is 2.67. The zero-order valence-corrected chi connectivity index (χ0v) is 11.1. The SMILES string of the molecule is CC1C[C@H](C(=O)NC(C)CCCO)[C@H](C(=O)O)C1. The number of aliphatic hydroxyl groups excluding tert-OH is 1. The molecule has 104 valence electrons. The molecule has 5 heteroatoms. The van der Waals surface area contributed by atoms with Gasteiger partial charge in [-0.05, 0) is 38.5 Å². The van der Waals surface area contributed by atoms with Crippen molar-refractivity contribution in [3.05, 3.63) is 0 Å². The Morgan fingerprint density at radius 2 is 1.94 bits per heavy atom. The molecule has 0 aromatic heterocycles. The molecule has 0 heterocycles. The van der Waals surface area contributed by atoms with Crippen molar-refractivity contribution in [1.82, 2.24) is 5.32 Å². The Labute approximate surface area is 108 Å². The topological polar surface area (TPSA) is 86.6 Å². The van der Waals surface area contributed by atoms with Gasteiger partial charge in [-0.15, -0.1) is 0 Å². The third-order valence-electron chi connectivity index (χ3n) is 3.64. The minimum absolute atomic E-state index is 0.0185. The van der Waals surface area contributed by atoms with Crippen LogP contribution in [0.15, 0.2) is 0 Å². The lowest BCUT2D eigenvalue weighted by molar-refractivity contribution is -0.146. The molecule has 0 saturated heterocycles. The maximum atomic E-state index is 12.0. The van der Waals surface area contributed by atoms with Crippen molar-refractivity contribution in [1.29, 1.82) is 0 Å². The highest BCUT2D eigenvalue weighted by atomic mass is 16.4. The number of aliphatic hydroxyl groups is 1. The molecule has 0 aliphatic heterocycles. The Kier molecular flexibility index (Phi) is 5.59. The molecule has 0 radical (unpaired) electrons. The highest BCUT2D eigenvalue weighted by Crippen LogP contribution is 2.36. The molecular weight excluding hydrogens is 234 g/mol. The van der Waals surface area contributed by atoms with E-state index >= 15 is 0 Å². The van der Waals surface area contributed by atoms with Crippen LogP contribution in [0.3, 0.4) is 0 Å². The first kappa shape index (κ1) is 15.0. The van der Waals surface area contributed by atoms with Gasteiger partial charge < -0.3 is 15.5 Å². The van der Waals surface area contributed by atoms with Gasteiger partial charge in [-0.2, -0.15) is 0 Å². The number of rotatable bonds is 6. The van der Waals surface area contributed by atoms with Crippen LogP contribution in [0.25, 0.3) is 0 Å². The summed E-state index contributed by atoms with van der Waals surface area (Å²) in [7, 11) is 0. The first-order chi connectivity index (χ1) is 8.45. The standard InChI is InChI=1S/C13H23NO4/c1-8-6-10(11(7-8)13(17)18)12(16)14-9(2)4-3-5-15/h8-11,15H,3-7H2,1-2H3,(H,14,16)(H,17,18)/t8?,9?,10-,11+/m0/s1. The third kappa shape index (κ3) is 3.98. The number of carboxylic acid groups (broad SMARTS) is 1. The van der Waals surface area contributed by atoms with E-state index < -0.39 is 17.8 Å². The Morgan fingerprint density at radius 3 is 2.50 bits per heavy atom. The van der Waals surface area contributed by atoms with Gasteiger partial charge in [0.05, 0.1) is 11.8 Å². The van der Waals surface area contributed by atoms with Crippen LogP contribution in [0.1, 0.15) is 39.5 Å². The molecule has 0 aromatic carbocycles. The van der Waals surface area contributed by atoms with Crippen LogP contribution in [-0.2, 0) is 9.59 Å². The van der Waals surface area contributed by atoms with E-state index in [2.05, 4.69) is 5.32 Å². The fraction of sp³-hybridized carbons (Fsp3) is 0.846. The van der Waals surface area contributed by atoms with Crippen LogP contribution in [0.2, 0.25) is 0 Å². The minimum Gasteiger partial charge on any atom is -0.481 e. The highest BCUT2D eigenvalue weighted by Gasteiger charge is 2.41. The van der Waals surface area contributed by atoms with Crippen LogP contribution in [0.4, 0.5) is 0 Å². The van der Waals surface area contributed by atoms with Gasteiger partial charge in [-0.3, -0.25) is 9.59 Å². The molecule has 4 atom stereocenters. The van der Waals surface area contributed by atoms with Crippen molar-refractivity contribution >= 4 is 11.9 Å². The molecular formula is C13H23NO4. The van der Waals surface area contributed by atoms with E-state index in [1.807, 2.05) is 13.8 Å². The van der Waals surface area contributed by atoms with Gasteiger partial charge in [0.25, 0.3) is 0 Å². The summed E-state index contributed by atoms with van der Waals surface area (Å²) in [5.74, 6) is -1.70. The Morgan fingerprint density at radius 1 is 1.33 bits per heavy atom. The number of carbonyl (C=O) groups is 2. The number of nitrogens with one attached hydrogen (secondary N) is 1. The van der Waals surface area contributed by atoms with Crippen molar-refractivity contribution in [2.24, 2.45) is 17.8 Å². The monoisotopic (exact) mass is 257 g/mol. The lowest BCUT2D eigenvalue weighted by Gasteiger charge is -2.19. The molecule has 2 unspecified atom stereocenters. The number of hydrogen-bond donors (Lipinski definition) is 3. The van der Waals surface area contributed by atoms with Crippen molar-refractivity contribution in [3.8, 4) is 0 Å². The molecule has 18 heavy (non-hydrogen) atoms. The molecule has 0 spiro atoms. The number of amides is 1. The van der Waals surface area contributed by atoms with E-state index in [0.29, 0.717) is 25.7 Å². The largest absolute Gasteiger partial charge is 0.481 e. The molecule has 1 saturated carbocycles. The van der Waals surface area contributed by atoms with E-state index in [1.165, 1.54) is 0 Å². The van der Waals surface area contributed by atoms with Gasteiger partial charge in [-0.25, -0.2) is 0 Å². The molecule has 1 fully saturated rings. The maximum absolute atomic E-state index is 12.0. The van der Waals surface area contributed by atoms with Gasteiger partial charge in [-0.1, -0.05) is 6.92 Å². The summed E-state index contributed by atoms with van der Waals surface area (Å²) in [6.45, 7) is 3.97. The van der Waals surface area contributed by atoms with Crippen LogP contribution in [0.5, 0.6) is 0 Å². The first-order valence-electron chi connectivity index (χ1n) is 6.59. The van der Waals surface area contributed by atoms with E-state index in [0.717, 1.165) is 0 Å². The second-order valence-corrected chi connectivity index (χ2v) is 5.40. The third-order valence-corrected chi connectivity index (χ3v) is 3.64. The summed E-state index contributed by atoms with van der Waals surface area (Å²) in [6.07, 6.45) is 2.58. The molecule has 1 amide bonds. The van der Waals surface area contributed by atoms with Gasteiger partial charge >= 0.3 is 5.97 Å². The predicted octanol–water partition coefficient (Wildman–Crippen LogP) is 1.01. The van der Waals surface area contributed by atoms with Crippen LogP contribution >= 0.6 is 0 Å².